The van der Waals surface area contributed by atoms with Crippen LogP contribution in [0.15, 0.2) is 36.4 Å². The van der Waals surface area contributed by atoms with Gasteiger partial charge in [-0.3, -0.25) is 0 Å². The number of rotatable bonds is 3. The van der Waals surface area contributed by atoms with Crippen molar-refractivity contribution in [3.8, 4) is 22.6 Å². The predicted molar refractivity (Wildman–Crippen MR) is 74.0 cm³/mol. The highest BCUT2D eigenvalue weighted by Gasteiger charge is 2.11. The number of phenols is 2. The van der Waals surface area contributed by atoms with Crippen molar-refractivity contribution in [2.24, 2.45) is 0 Å². The molecule has 0 saturated heterocycles. The predicted octanol–water partition coefficient (Wildman–Crippen LogP) is 3.89. The zero-order chi connectivity index (χ0) is 13.1. The van der Waals surface area contributed by atoms with Gasteiger partial charge in [0.1, 0.15) is 11.5 Å². The first-order chi connectivity index (χ1) is 8.67. The van der Waals surface area contributed by atoms with E-state index < -0.39 is 0 Å². The van der Waals surface area contributed by atoms with E-state index in [1.165, 1.54) is 0 Å². The van der Waals surface area contributed by atoms with Crippen molar-refractivity contribution in [2.45, 2.75) is 26.7 Å². The van der Waals surface area contributed by atoms with E-state index in [1.54, 1.807) is 12.1 Å². The minimum atomic E-state index is 0.256. The molecule has 0 bridgehead atoms. The van der Waals surface area contributed by atoms with Gasteiger partial charge in [0.25, 0.3) is 0 Å². The van der Waals surface area contributed by atoms with Gasteiger partial charge in [-0.15, -0.1) is 0 Å². The standard InChI is InChI=1S/C16H18O2/c1-3-11-7-10-15(14(4-2)16(11)18)12-5-8-13(17)9-6-12/h5-10,17-18H,3-4H2,1-2H3. The SMILES string of the molecule is CCc1ccc(-c2ccc(O)cc2)c(CC)c1O. The van der Waals surface area contributed by atoms with Crippen molar-refractivity contribution < 1.29 is 10.2 Å². The molecule has 2 aromatic carbocycles. The van der Waals surface area contributed by atoms with Crippen molar-refractivity contribution in [1.29, 1.82) is 0 Å². The topological polar surface area (TPSA) is 40.5 Å². The van der Waals surface area contributed by atoms with Gasteiger partial charge < -0.3 is 10.2 Å². The number of hydrogen-bond donors (Lipinski definition) is 2. The molecule has 94 valence electrons. The molecule has 2 heteroatoms. The summed E-state index contributed by atoms with van der Waals surface area (Å²) in [5.41, 5.74) is 4.00. The molecule has 0 saturated carbocycles. The van der Waals surface area contributed by atoms with Gasteiger partial charge in [0, 0.05) is 5.56 Å². The molecule has 0 unspecified atom stereocenters. The Kier molecular flexibility index (Phi) is 3.56. The van der Waals surface area contributed by atoms with Crippen LogP contribution in [-0.2, 0) is 12.8 Å². The highest BCUT2D eigenvalue weighted by molar-refractivity contribution is 5.71. The largest absolute Gasteiger partial charge is 0.508 e. The Morgan fingerprint density at radius 1 is 0.833 bits per heavy atom. The molecule has 0 heterocycles. The maximum absolute atomic E-state index is 10.2. The molecule has 18 heavy (non-hydrogen) atoms. The van der Waals surface area contributed by atoms with Crippen LogP contribution in [0, 0.1) is 0 Å². The van der Waals surface area contributed by atoms with E-state index in [2.05, 4.69) is 0 Å². The molecule has 2 aromatic rings. The van der Waals surface area contributed by atoms with Crippen LogP contribution in [-0.4, -0.2) is 10.2 Å². The summed E-state index contributed by atoms with van der Waals surface area (Å²) >= 11 is 0. The average Bonchev–Trinajstić information content (AvgIpc) is 2.39. The fraction of sp³-hybridized carbons (Fsp3) is 0.250. The minimum absolute atomic E-state index is 0.256. The quantitative estimate of drug-likeness (QED) is 0.857. The Labute approximate surface area is 108 Å². The Hall–Kier alpha value is -1.96. The van der Waals surface area contributed by atoms with Gasteiger partial charge >= 0.3 is 0 Å². The first-order valence-corrected chi connectivity index (χ1v) is 6.30. The molecule has 2 rings (SSSR count). The highest BCUT2D eigenvalue weighted by Crippen LogP contribution is 2.34. The van der Waals surface area contributed by atoms with Crippen LogP contribution in [0.4, 0.5) is 0 Å². The normalized spacial score (nSPS) is 10.6. The lowest BCUT2D eigenvalue weighted by atomic mass is 9.94. The summed E-state index contributed by atoms with van der Waals surface area (Å²) in [7, 11) is 0. The first kappa shape index (κ1) is 12.5. The Morgan fingerprint density at radius 3 is 2.06 bits per heavy atom. The van der Waals surface area contributed by atoms with E-state index in [0.717, 1.165) is 35.1 Å². The average molecular weight is 242 g/mol. The van der Waals surface area contributed by atoms with Crippen LogP contribution >= 0.6 is 0 Å². The summed E-state index contributed by atoms with van der Waals surface area (Å²) in [6, 6.07) is 11.1. The monoisotopic (exact) mass is 242 g/mol. The van der Waals surface area contributed by atoms with Gasteiger partial charge in [-0.25, -0.2) is 0 Å². The number of aryl methyl sites for hydroxylation is 1. The molecule has 0 aliphatic rings. The van der Waals surface area contributed by atoms with Gasteiger partial charge in [-0.05, 0) is 41.7 Å². The molecule has 0 aromatic heterocycles. The summed E-state index contributed by atoms with van der Waals surface area (Å²) in [6.45, 7) is 4.08. The number of hydrogen-bond acceptors (Lipinski definition) is 2. The maximum Gasteiger partial charge on any atom is 0.122 e. The fourth-order valence-corrected chi connectivity index (χ4v) is 2.24. The summed E-state index contributed by atoms with van der Waals surface area (Å²) in [5, 5.41) is 19.6. The van der Waals surface area contributed by atoms with Crippen LogP contribution in [0.25, 0.3) is 11.1 Å². The number of aromatic hydroxyl groups is 2. The summed E-state index contributed by atoms with van der Waals surface area (Å²) in [4.78, 5) is 0. The Bertz CT molecular complexity index is 542. The Balaban J connectivity index is 2.57. The summed E-state index contributed by atoms with van der Waals surface area (Å²) < 4.78 is 0. The van der Waals surface area contributed by atoms with Crippen molar-refractivity contribution in [1.82, 2.24) is 0 Å². The third-order valence-electron chi connectivity index (χ3n) is 3.28. The first-order valence-electron chi connectivity index (χ1n) is 6.30. The third kappa shape index (κ3) is 2.19. The minimum Gasteiger partial charge on any atom is -0.508 e. The molecule has 0 fully saturated rings. The number of benzene rings is 2. The van der Waals surface area contributed by atoms with E-state index >= 15 is 0 Å². The molecule has 2 nitrogen and oxygen atoms in total. The third-order valence-corrected chi connectivity index (χ3v) is 3.28. The molecule has 0 aliphatic heterocycles. The van der Waals surface area contributed by atoms with Crippen LogP contribution in [0.3, 0.4) is 0 Å². The van der Waals surface area contributed by atoms with E-state index in [0.29, 0.717) is 5.75 Å². The Morgan fingerprint density at radius 2 is 1.50 bits per heavy atom. The highest BCUT2D eigenvalue weighted by atomic mass is 16.3. The second-order valence-corrected chi connectivity index (χ2v) is 4.35. The molecule has 0 aliphatic carbocycles. The molecular weight excluding hydrogens is 224 g/mol. The molecule has 0 spiro atoms. The lowest BCUT2D eigenvalue weighted by molar-refractivity contribution is 0.463. The van der Waals surface area contributed by atoms with Gasteiger partial charge in [-0.1, -0.05) is 38.1 Å². The molecule has 0 amide bonds. The lowest BCUT2D eigenvalue weighted by Gasteiger charge is -2.13. The van der Waals surface area contributed by atoms with E-state index in [9.17, 15) is 10.2 Å². The van der Waals surface area contributed by atoms with Crippen molar-refractivity contribution in [3.05, 3.63) is 47.5 Å². The second kappa shape index (κ2) is 5.13. The van der Waals surface area contributed by atoms with Crippen molar-refractivity contribution >= 4 is 0 Å². The van der Waals surface area contributed by atoms with Gasteiger partial charge in [0.2, 0.25) is 0 Å². The smallest absolute Gasteiger partial charge is 0.122 e. The maximum atomic E-state index is 10.2. The van der Waals surface area contributed by atoms with Gasteiger partial charge in [0.05, 0.1) is 0 Å². The van der Waals surface area contributed by atoms with Crippen molar-refractivity contribution in [2.75, 3.05) is 0 Å². The fourth-order valence-electron chi connectivity index (χ4n) is 2.24. The second-order valence-electron chi connectivity index (χ2n) is 4.35. The molecule has 2 N–H and O–H groups in total. The zero-order valence-electron chi connectivity index (χ0n) is 10.8. The zero-order valence-corrected chi connectivity index (χ0v) is 10.8. The summed E-state index contributed by atoms with van der Waals surface area (Å²) in [6.07, 6.45) is 1.62. The van der Waals surface area contributed by atoms with E-state index in [-0.39, 0.29) is 5.75 Å². The van der Waals surface area contributed by atoms with Crippen LogP contribution in [0.5, 0.6) is 11.5 Å². The molecular formula is C16H18O2. The van der Waals surface area contributed by atoms with Gasteiger partial charge in [0.15, 0.2) is 0 Å². The number of phenolic OH excluding ortho intramolecular Hbond substituents is 2. The molecule has 0 atom stereocenters. The van der Waals surface area contributed by atoms with E-state index in [1.807, 2.05) is 38.1 Å². The summed E-state index contributed by atoms with van der Waals surface area (Å²) in [5.74, 6) is 0.664. The van der Waals surface area contributed by atoms with Crippen LogP contribution < -0.4 is 0 Å². The van der Waals surface area contributed by atoms with Crippen LogP contribution in [0.2, 0.25) is 0 Å². The molecule has 0 radical (unpaired) electrons. The van der Waals surface area contributed by atoms with Crippen molar-refractivity contribution in [3.63, 3.8) is 0 Å². The lowest BCUT2D eigenvalue weighted by Crippen LogP contribution is -1.93. The van der Waals surface area contributed by atoms with E-state index in [4.69, 9.17) is 0 Å². The van der Waals surface area contributed by atoms with Crippen LogP contribution in [0.1, 0.15) is 25.0 Å². The van der Waals surface area contributed by atoms with Gasteiger partial charge in [-0.2, -0.15) is 0 Å².